The van der Waals surface area contributed by atoms with Gasteiger partial charge in [0.2, 0.25) is 0 Å². The quantitative estimate of drug-likeness (QED) is 0.585. The molecule has 94 valence electrons. The lowest BCUT2D eigenvalue weighted by Crippen LogP contribution is -2.08. The van der Waals surface area contributed by atoms with Crippen molar-refractivity contribution in [1.82, 2.24) is 4.98 Å². The van der Waals surface area contributed by atoms with Gasteiger partial charge in [-0.05, 0) is 18.2 Å². The Morgan fingerprint density at radius 3 is 2.72 bits per heavy atom. The van der Waals surface area contributed by atoms with Crippen LogP contribution in [0.4, 0.5) is 17.2 Å². The Bertz CT molecular complexity index is 547. The number of anilines is 3. The standard InChI is InChI=1S/C12H13ClN4O/c1-18-11-6-8(2-3-10(11)13)16-9-4-5-15-12(7-9)17-14/h2-7H,14H2,1H3,(H2,15,16,17). The summed E-state index contributed by atoms with van der Waals surface area (Å²) in [7, 11) is 1.58. The fourth-order valence-corrected chi connectivity index (χ4v) is 1.69. The molecule has 0 fully saturated rings. The summed E-state index contributed by atoms with van der Waals surface area (Å²) >= 11 is 5.96. The molecule has 0 aliphatic rings. The number of benzene rings is 1. The molecule has 0 bridgehead atoms. The highest BCUT2D eigenvalue weighted by Crippen LogP contribution is 2.29. The molecule has 0 aliphatic carbocycles. The minimum Gasteiger partial charge on any atom is -0.495 e. The van der Waals surface area contributed by atoms with Crippen LogP contribution in [0.5, 0.6) is 5.75 Å². The van der Waals surface area contributed by atoms with Gasteiger partial charge >= 0.3 is 0 Å². The van der Waals surface area contributed by atoms with Crippen molar-refractivity contribution in [2.24, 2.45) is 5.84 Å². The van der Waals surface area contributed by atoms with E-state index in [9.17, 15) is 0 Å². The highest BCUT2D eigenvalue weighted by Gasteiger charge is 2.02. The molecule has 0 saturated carbocycles. The lowest BCUT2D eigenvalue weighted by atomic mass is 10.3. The maximum Gasteiger partial charge on any atom is 0.141 e. The Hall–Kier alpha value is -1.98. The Balaban J connectivity index is 2.22. The topological polar surface area (TPSA) is 72.2 Å². The van der Waals surface area contributed by atoms with Crippen LogP contribution < -0.4 is 21.3 Å². The van der Waals surface area contributed by atoms with Crippen LogP contribution in [0, 0.1) is 0 Å². The van der Waals surface area contributed by atoms with Crippen molar-refractivity contribution < 1.29 is 4.74 Å². The Kier molecular flexibility index (Phi) is 3.86. The summed E-state index contributed by atoms with van der Waals surface area (Å²) in [4.78, 5) is 4.03. The number of nitrogens with one attached hydrogen (secondary N) is 2. The number of ether oxygens (including phenoxy) is 1. The van der Waals surface area contributed by atoms with Crippen molar-refractivity contribution >= 4 is 28.8 Å². The number of hydrazine groups is 1. The average molecular weight is 265 g/mol. The first-order chi connectivity index (χ1) is 8.72. The summed E-state index contributed by atoms with van der Waals surface area (Å²) in [5, 5.41) is 3.78. The molecule has 0 unspecified atom stereocenters. The molecule has 1 heterocycles. The minimum absolute atomic E-state index is 0.571. The van der Waals surface area contributed by atoms with Gasteiger partial charge in [-0.2, -0.15) is 0 Å². The van der Waals surface area contributed by atoms with E-state index in [4.69, 9.17) is 22.2 Å². The molecule has 2 rings (SSSR count). The fraction of sp³-hybridized carbons (Fsp3) is 0.0833. The third-order valence-corrected chi connectivity index (χ3v) is 2.66. The highest BCUT2D eigenvalue weighted by atomic mass is 35.5. The normalized spacial score (nSPS) is 9.94. The summed E-state index contributed by atoms with van der Waals surface area (Å²) in [5.41, 5.74) is 4.22. The molecule has 0 amide bonds. The Labute approximate surface area is 110 Å². The Morgan fingerprint density at radius 2 is 2.00 bits per heavy atom. The summed E-state index contributed by atoms with van der Waals surface area (Å²) < 4.78 is 5.15. The third-order valence-electron chi connectivity index (χ3n) is 2.35. The van der Waals surface area contributed by atoms with Gasteiger partial charge in [-0.1, -0.05) is 11.6 Å². The van der Waals surface area contributed by atoms with Crippen LogP contribution in [0.25, 0.3) is 0 Å². The van der Waals surface area contributed by atoms with E-state index in [0.717, 1.165) is 11.4 Å². The van der Waals surface area contributed by atoms with Gasteiger partial charge in [0, 0.05) is 29.7 Å². The smallest absolute Gasteiger partial charge is 0.141 e. The van der Waals surface area contributed by atoms with E-state index in [1.165, 1.54) is 0 Å². The number of hydrogen-bond acceptors (Lipinski definition) is 5. The van der Waals surface area contributed by atoms with Crippen LogP contribution in [-0.2, 0) is 0 Å². The number of methoxy groups -OCH3 is 1. The molecule has 6 heteroatoms. The van der Waals surface area contributed by atoms with E-state index in [-0.39, 0.29) is 0 Å². The van der Waals surface area contributed by atoms with Gasteiger partial charge < -0.3 is 15.5 Å². The first-order valence-electron chi connectivity index (χ1n) is 5.26. The van der Waals surface area contributed by atoms with Crippen LogP contribution in [0.15, 0.2) is 36.5 Å². The average Bonchev–Trinajstić information content (AvgIpc) is 2.41. The molecule has 0 spiro atoms. The van der Waals surface area contributed by atoms with Crippen LogP contribution in [-0.4, -0.2) is 12.1 Å². The number of nitrogen functional groups attached to an aromatic ring is 1. The molecule has 4 N–H and O–H groups in total. The second-order valence-corrected chi connectivity index (χ2v) is 3.96. The molecule has 1 aromatic heterocycles. The number of hydrogen-bond donors (Lipinski definition) is 3. The van der Waals surface area contributed by atoms with Crippen LogP contribution in [0.3, 0.4) is 0 Å². The van der Waals surface area contributed by atoms with Gasteiger partial charge in [0.15, 0.2) is 0 Å². The second kappa shape index (κ2) is 5.57. The molecule has 5 nitrogen and oxygen atoms in total. The predicted octanol–water partition coefficient (Wildman–Crippen LogP) is 2.77. The highest BCUT2D eigenvalue weighted by molar-refractivity contribution is 6.32. The van der Waals surface area contributed by atoms with Crippen LogP contribution in [0.1, 0.15) is 0 Å². The zero-order valence-electron chi connectivity index (χ0n) is 9.77. The lowest BCUT2D eigenvalue weighted by molar-refractivity contribution is 0.415. The minimum atomic E-state index is 0.571. The molecule has 2 aromatic rings. The first-order valence-corrected chi connectivity index (χ1v) is 5.64. The zero-order valence-corrected chi connectivity index (χ0v) is 10.5. The van der Waals surface area contributed by atoms with Crippen LogP contribution >= 0.6 is 11.6 Å². The molecule has 1 aromatic carbocycles. The predicted molar refractivity (Wildman–Crippen MR) is 73.3 cm³/mol. The summed E-state index contributed by atoms with van der Waals surface area (Å²) in [5.74, 6) is 6.50. The zero-order chi connectivity index (χ0) is 13.0. The molecule has 0 aliphatic heterocycles. The van der Waals surface area contributed by atoms with Crippen molar-refractivity contribution in [3.63, 3.8) is 0 Å². The van der Waals surface area contributed by atoms with Gasteiger partial charge in [-0.25, -0.2) is 10.8 Å². The van der Waals surface area contributed by atoms with Crippen LogP contribution in [0.2, 0.25) is 5.02 Å². The van der Waals surface area contributed by atoms with E-state index >= 15 is 0 Å². The number of pyridine rings is 1. The van der Waals surface area contributed by atoms with Crippen molar-refractivity contribution in [2.45, 2.75) is 0 Å². The summed E-state index contributed by atoms with van der Waals surface area (Å²) in [6.45, 7) is 0. The van der Waals surface area contributed by atoms with Crippen molar-refractivity contribution in [1.29, 1.82) is 0 Å². The summed E-state index contributed by atoms with van der Waals surface area (Å²) in [6.07, 6.45) is 1.66. The third kappa shape index (κ3) is 2.82. The molecule has 18 heavy (non-hydrogen) atoms. The number of halogens is 1. The monoisotopic (exact) mass is 264 g/mol. The molecular formula is C12H13ClN4O. The van der Waals surface area contributed by atoms with E-state index in [1.807, 2.05) is 18.2 Å². The van der Waals surface area contributed by atoms with Gasteiger partial charge in [0.05, 0.1) is 12.1 Å². The van der Waals surface area contributed by atoms with E-state index < -0.39 is 0 Å². The molecule has 0 saturated heterocycles. The SMILES string of the molecule is COc1cc(Nc2ccnc(NN)c2)ccc1Cl. The number of nitrogens with zero attached hydrogens (tertiary/aromatic N) is 1. The van der Waals surface area contributed by atoms with Crippen molar-refractivity contribution in [2.75, 3.05) is 17.9 Å². The molecule has 0 atom stereocenters. The number of aromatic nitrogens is 1. The van der Waals surface area contributed by atoms with E-state index in [0.29, 0.717) is 16.6 Å². The summed E-state index contributed by atoms with van der Waals surface area (Å²) in [6, 6.07) is 9.08. The maximum absolute atomic E-state index is 5.96. The van der Waals surface area contributed by atoms with Gasteiger partial charge in [-0.15, -0.1) is 0 Å². The van der Waals surface area contributed by atoms with Gasteiger partial charge in [0.1, 0.15) is 11.6 Å². The Morgan fingerprint density at radius 1 is 1.22 bits per heavy atom. The molecule has 0 radical (unpaired) electrons. The largest absolute Gasteiger partial charge is 0.495 e. The van der Waals surface area contributed by atoms with Crippen molar-refractivity contribution in [3.05, 3.63) is 41.6 Å². The van der Waals surface area contributed by atoms with Gasteiger partial charge in [-0.3, -0.25) is 0 Å². The van der Waals surface area contributed by atoms with E-state index in [2.05, 4.69) is 15.7 Å². The fourth-order valence-electron chi connectivity index (χ4n) is 1.49. The second-order valence-electron chi connectivity index (χ2n) is 3.55. The van der Waals surface area contributed by atoms with Gasteiger partial charge in [0.25, 0.3) is 0 Å². The molecular weight excluding hydrogens is 252 g/mol. The lowest BCUT2D eigenvalue weighted by Gasteiger charge is -2.10. The van der Waals surface area contributed by atoms with Crippen molar-refractivity contribution in [3.8, 4) is 5.75 Å². The maximum atomic E-state index is 5.96. The first kappa shape index (κ1) is 12.5. The number of nitrogens with two attached hydrogens (primary N) is 1. The number of rotatable bonds is 4. The van der Waals surface area contributed by atoms with E-state index in [1.54, 1.807) is 25.4 Å².